The highest BCUT2D eigenvalue weighted by Crippen LogP contribution is 2.29. The van der Waals surface area contributed by atoms with Gasteiger partial charge in [0.15, 0.2) is 0 Å². The molecule has 0 fully saturated rings. The van der Waals surface area contributed by atoms with Gasteiger partial charge in [0.2, 0.25) is 0 Å². The van der Waals surface area contributed by atoms with Crippen molar-refractivity contribution in [3.63, 3.8) is 0 Å². The molecule has 1 rings (SSSR count). The van der Waals surface area contributed by atoms with E-state index in [2.05, 4.69) is 44.6 Å². The van der Waals surface area contributed by atoms with Gasteiger partial charge in [-0.25, -0.2) is 0 Å². The first-order valence-corrected chi connectivity index (χ1v) is 5.19. The summed E-state index contributed by atoms with van der Waals surface area (Å²) in [6.45, 7) is 11.2. The van der Waals surface area contributed by atoms with Crippen LogP contribution < -0.4 is 0 Å². The maximum atomic E-state index is 4.58. The van der Waals surface area contributed by atoms with Crippen molar-refractivity contribution in [3.05, 3.63) is 0 Å². The van der Waals surface area contributed by atoms with Crippen LogP contribution in [-0.2, 0) is 0 Å². The van der Waals surface area contributed by atoms with Crippen LogP contribution in [0, 0.1) is 11.3 Å². The van der Waals surface area contributed by atoms with Crippen LogP contribution in [0.2, 0.25) is 0 Å². The van der Waals surface area contributed by atoms with Gasteiger partial charge in [0.05, 0.1) is 6.54 Å². The van der Waals surface area contributed by atoms with E-state index in [4.69, 9.17) is 0 Å². The van der Waals surface area contributed by atoms with Crippen LogP contribution >= 0.6 is 0 Å². The van der Waals surface area contributed by atoms with Crippen LogP contribution in [0.3, 0.4) is 0 Å². The standard InChI is InChI=1S/C11H22N2/c1-9(2)8-11(3,4)10-12-6-7-13(10)5/h9H,6-8H2,1-5H3. The van der Waals surface area contributed by atoms with Crippen LogP contribution in [0.4, 0.5) is 0 Å². The lowest BCUT2D eigenvalue weighted by atomic mass is 9.82. The molecule has 0 saturated heterocycles. The molecule has 0 aromatic carbocycles. The van der Waals surface area contributed by atoms with Crippen LogP contribution in [-0.4, -0.2) is 30.9 Å². The second-order valence-corrected chi connectivity index (χ2v) is 5.11. The minimum Gasteiger partial charge on any atom is -0.361 e. The third-order valence-electron chi connectivity index (χ3n) is 2.58. The summed E-state index contributed by atoms with van der Waals surface area (Å²) in [5.74, 6) is 2.04. The van der Waals surface area contributed by atoms with Crippen LogP contribution in [0.5, 0.6) is 0 Å². The molecule has 1 aliphatic heterocycles. The van der Waals surface area contributed by atoms with Gasteiger partial charge in [-0.05, 0) is 12.3 Å². The Morgan fingerprint density at radius 2 is 2.08 bits per heavy atom. The fourth-order valence-corrected chi connectivity index (χ4v) is 2.38. The monoisotopic (exact) mass is 182 g/mol. The van der Waals surface area contributed by atoms with Crippen molar-refractivity contribution in [2.24, 2.45) is 16.3 Å². The van der Waals surface area contributed by atoms with Gasteiger partial charge in [-0.15, -0.1) is 0 Å². The average Bonchev–Trinajstić information content (AvgIpc) is 2.32. The zero-order valence-corrected chi connectivity index (χ0v) is 9.59. The Morgan fingerprint density at radius 3 is 2.46 bits per heavy atom. The second-order valence-electron chi connectivity index (χ2n) is 5.11. The Bertz CT molecular complexity index is 204. The summed E-state index contributed by atoms with van der Waals surface area (Å²) in [4.78, 5) is 6.88. The summed E-state index contributed by atoms with van der Waals surface area (Å²) < 4.78 is 0. The topological polar surface area (TPSA) is 15.6 Å². The summed E-state index contributed by atoms with van der Waals surface area (Å²) in [5.41, 5.74) is 0.249. The maximum Gasteiger partial charge on any atom is 0.104 e. The van der Waals surface area contributed by atoms with Gasteiger partial charge in [-0.2, -0.15) is 0 Å². The lowest BCUT2D eigenvalue weighted by Crippen LogP contribution is -2.36. The van der Waals surface area contributed by atoms with E-state index in [0.717, 1.165) is 19.0 Å². The number of aliphatic imine (C=N–C) groups is 1. The molecule has 76 valence electrons. The molecule has 2 nitrogen and oxygen atoms in total. The highest BCUT2D eigenvalue weighted by Gasteiger charge is 2.30. The lowest BCUT2D eigenvalue weighted by Gasteiger charge is -2.31. The normalized spacial score (nSPS) is 18.3. The first kappa shape index (κ1) is 10.6. The fourth-order valence-electron chi connectivity index (χ4n) is 2.38. The van der Waals surface area contributed by atoms with E-state index in [1.807, 2.05) is 0 Å². The minimum atomic E-state index is 0.249. The zero-order valence-electron chi connectivity index (χ0n) is 9.59. The molecule has 0 unspecified atom stereocenters. The Hall–Kier alpha value is -0.530. The van der Waals surface area contributed by atoms with Crippen LogP contribution in [0.25, 0.3) is 0 Å². The van der Waals surface area contributed by atoms with Crippen LogP contribution in [0.1, 0.15) is 34.1 Å². The van der Waals surface area contributed by atoms with E-state index in [0.29, 0.717) is 0 Å². The molecule has 0 spiro atoms. The molecule has 0 atom stereocenters. The van der Waals surface area contributed by atoms with Gasteiger partial charge in [0.25, 0.3) is 0 Å². The van der Waals surface area contributed by atoms with Gasteiger partial charge >= 0.3 is 0 Å². The number of nitrogens with zero attached hydrogens (tertiary/aromatic N) is 2. The summed E-state index contributed by atoms with van der Waals surface area (Å²) in [5, 5.41) is 0. The molecule has 0 aromatic rings. The molecule has 0 N–H and O–H groups in total. The summed E-state index contributed by atoms with van der Waals surface area (Å²) >= 11 is 0. The van der Waals surface area contributed by atoms with E-state index in [1.165, 1.54) is 12.3 Å². The molecule has 0 radical (unpaired) electrons. The molecule has 0 aliphatic carbocycles. The van der Waals surface area contributed by atoms with Gasteiger partial charge in [0.1, 0.15) is 5.84 Å². The molecular formula is C11H22N2. The SMILES string of the molecule is CC(C)CC(C)(C)C1=NCCN1C. The zero-order chi connectivity index (χ0) is 10.1. The number of likely N-dealkylation sites (N-methyl/N-ethyl adjacent to an activating group) is 1. The van der Waals surface area contributed by atoms with Gasteiger partial charge in [-0.1, -0.05) is 27.7 Å². The summed E-state index contributed by atoms with van der Waals surface area (Å²) in [6, 6.07) is 0. The molecule has 0 aromatic heterocycles. The highest BCUT2D eigenvalue weighted by molar-refractivity contribution is 5.88. The maximum absolute atomic E-state index is 4.58. The predicted octanol–water partition coefficient (Wildman–Crippen LogP) is 2.40. The third-order valence-corrected chi connectivity index (χ3v) is 2.58. The smallest absolute Gasteiger partial charge is 0.104 e. The average molecular weight is 182 g/mol. The van der Waals surface area contributed by atoms with Gasteiger partial charge in [0, 0.05) is 19.0 Å². The fraction of sp³-hybridized carbons (Fsp3) is 0.909. The molecule has 0 saturated carbocycles. The molecule has 13 heavy (non-hydrogen) atoms. The van der Waals surface area contributed by atoms with Crippen molar-refractivity contribution in [1.29, 1.82) is 0 Å². The van der Waals surface area contributed by atoms with Crippen molar-refractivity contribution in [3.8, 4) is 0 Å². The third kappa shape index (κ3) is 2.45. The summed E-state index contributed by atoms with van der Waals surface area (Å²) in [7, 11) is 2.15. The Morgan fingerprint density at radius 1 is 1.46 bits per heavy atom. The van der Waals surface area contributed by atoms with E-state index in [1.54, 1.807) is 0 Å². The lowest BCUT2D eigenvalue weighted by molar-refractivity contribution is 0.358. The minimum absolute atomic E-state index is 0.249. The van der Waals surface area contributed by atoms with Crippen molar-refractivity contribution in [1.82, 2.24) is 4.90 Å². The van der Waals surface area contributed by atoms with Gasteiger partial charge in [-0.3, -0.25) is 4.99 Å². The summed E-state index contributed by atoms with van der Waals surface area (Å²) in [6.07, 6.45) is 1.22. The Kier molecular flexibility index (Phi) is 2.99. The van der Waals surface area contributed by atoms with E-state index < -0.39 is 0 Å². The highest BCUT2D eigenvalue weighted by atomic mass is 15.2. The predicted molar refractivity (Wildman–Crippen MR) is 58.2 cm³/mol. The molecule has 0 bridgehead atoms. The largest absolute Gasteiger partial charge is 0.361 e. The Labute approximate surface area is 82.0 Å². The van der Waals surface area contributed by atoms with Crippen LogP contribution in [0.15, 0.2) is 4.99 Å². The molecule has 1 aliphatic rings. The van der Waals surface area contributed by atoms with Crippen molar-refractivity contribution < 1.29 is 0 Å². The van der Waals surface area contributed by atoms with E-state index in [9.17, 15) is 0 Å². The molecule has 0 amide bonds. The number of amidine groups is 1. The molecule has 1 heterocycles. The Balaban J connectivity index is 2.68. The van der Waals surface area contributed by atoms with E-state index in [-0.39, 0.29) is 5.41 Å². The van der Waals surface area contributed by atoms with Crippen molar-refractivity contribution in [2.75, 3.05) is 20.1 Å². The quantitative estimate of drug-likeness (QED) is 0.654. The molecule has 2 heteroatoms. The van der Waals surface area contributed by atoms with E-state index >= 15 is 0 Å². The second kappa shape index (κ2) is 3.69. The first-order valence-electron chi connectivity index (χ1n) is 5.19. The first-order chi connectivity index (χ1) is 5.93. The number of rotatable bonds is 3. The van der Waals surface area contributed by atoms with Gasteiger partial charge < -0.3 is 4.90 Å². The number of hydrogen-bond acceptors (Lipinski definition) is 2. The molecular weight excluding hydrogens is 160 g/mol. The number of hydrogen-bond donors (Lipinski definition) is 0. The van der Waals surface area contributed by atoms with Crippen molar-refractivity contribution in [2.45, 2.75) is 34.1 Å². The van der Waals surface area contributed by atoms with Crippen molar-refractivity contribution >= 4 is 5.84 Å².